The van der Waals surface area contributed by atoms with Gasteiger partial charge in [0.05, 0.1) is 5.69 Å². The van der Waals surface area contributed by atoms with Crippen LogP contribution in [0, 0.1) is 0 Å². The third-order valence-electron chi connectivity index (χ3n) is 3.07. The molecule has 0 amide bonds. The first-order valence-corrected chi connectivity index (χ1v) is 6.49. The lowest BCUT2D eigenvalue weighted by Gasteiger charge is -2.14. The largest absolute Gasteiger partial charge is 0.368 e. The fourth-order valence-corrected chi connectivity index (χ4v) is 2.21. The van der Waals surface area contributed by atoms with Gasteiger partial charge in [-0.15, -0.1) is 0 Å². The van der Waals surface area contributed by atoms with E-state index in [4.69, 9.17) is 5.73 Å². The first-order valence-electron chi connectivity index (χ1n) is 6.49. The molecule has 0 spiro atoms. The Hall–Kier alpha value is -2.17. The van der Waals surface area contributed by atoms with Crippen molar-refractivity contribution in [3.63, 3.8) is 0 Å². The van der Waals surface area contributed by atoms with Gasteiger partial charge in [-0.1, -0.05) is 38.5 Å². The maximum Gasteiger partial charge on any atom is 0.356 e. The molecule has 0 fully saturated rings. The number of nitrogen functional groups attached to an aromatic ring is 1. The smallest absolute Gasteiger partial charge is 0.356 e. The molecule has 5 heteroatoms. The molecule has 2 aromatic rings. The molecule has 0 aliphatic carbocycles. The van der Waals surface area contributed by atoms with E-state index >= 15 is 0 Å². The number of aryl methyl sites for hydroxylation is 2. The number of para-hydroxylation sites is 1. The highest BCUT2D eigenvalue weighted by Gasteiger charge is 2.11. The van der Waals surface area contributed by atoms with Gasteiger partial charge in [0.1, 0.15) is 6.33 Å². The van der Waals surface area contributed by atoms with Gasteiger partial charge in [0.15, 0.2) is 0 Å². The Bertz CT molecular complexity index is 634. The summed E-state index contributed by atoms with van der Waals surface area (Å²) in [5.41, 5.74) is 8.20. The third kappa shape index (κ3) is 2.65. The molecule has 2 N–H and O–H groups in total. The molecule has 0 bridgehead atoms. The van der Waals surface area contributed by atoms with Gasteiger partial charge < -0.3 is 5.73 Å². The maximum absolute atomic E-state index is 12.0. The molecule has 0 aliphatic rings. The van der Waals surface area contributed by atoms with Crippen LogP contribution >= 0.6 is 0 Å². The second-order valence-corrected chi connectivity index (χ2v) is 4.40. The first kappa shape index (κ1) is 13.3. The molecule has 0 saturated heterocycles. The number of rotatable bonds is 4. The monoisotopic (exact) mass is 258 g/mol. The van der Waals surface area contributed by atoms with Crippen molar-refractivity contribution in [3.05, 3.63) is 46.1 Å². The van der Waals surface area contributed by atoms with Crippen molar-refractivity contribution < 1.29 is 0 Å². The van der Waals surface area contributed by atoms with Gasteiger partial charge in [-0.3, -0.25) is 4.57 Å². The quantitative estimate of drug-likeness (QED) is 0.906. The zero-order valence-corrected chi connectivity index (χ0v) is 11.3. The summed E-state index contributed by atoms with van der Waals surface area (Å²) in [6.45, 7) is 4.18. The first-order chi connectivity index (χ1) is 9.17. The van der Waals surface area contributed by atoms with Crippen LogP contribution in [0.15, 0.2) is 29.3 Å². The Kier molecular flexibility index (Phi) is 3.94. The zero-order chi connectivity index (χ0) is 13.8. The number of hydrogen-bond donors (Lipinski definition) is 1. The summed E-state index contributed by atoms with van der Waals surface area (Å²) in [6.07, 6.45) is 4.24. The highest BCUT2D eigenvalue weighted by molar-refractivity contribution is 5.48. The van der Waals surface area contributed by atoms with E-state index in [0.29, 0.717) is 0 Å². The Balaban J connectivity index is 2.68. The third-order valence-corrected chi connectivity index (χ3v) is 3.07. The number of benzene rings is 1. The van der Waals surface area contributed by atoms with Gasteiger partial charge in [0, 0.05) is 0 Å². The van der Waals surface area contributed by atoms with Crippen molar-refractivity contribution in [1.82, 2.24) is 14.5 Å². The van der Waals surface area contributed by atoms with Crippen LogP contribution in [-0.4, -0.2) is 14.5 Å². The summed E-state index contributed by atoms with van der Waals surface area (Å²) in [7, 11) is 0. The standard InChI is InChI=1S/C14H18N4O/c1-3-6-11-8-5-7-10(4-2)12(11)18-9-16-13(15)17-14(18)19/h5,7-9H,3-4,6H2,1-2H3,(H2,15,17,19). The van der Waals surface area contributed by atoms with Crippen molar-refractivity contribution in [2.75, 3.05) is 5.73 Å². The average Bonchev–Trinajstić information content (AvgIpc) is 2.39. The summed E-state index contributed by atoms with van der Waals surface area (Å²) in [6, 6.07) is 6.09. The normalized spacial score (nSPS) is 10.6. The van der Waals surface area contributed by atoms with Crippen LogP contribution in [0.5, 0.6) is 0 Å². The SMILES string of the molecule is CCCc1cccc(CC)c1-n1cnc(N)nc1=O. The van der Waals surface area contributed by atoms with Crippen molar-refractivity contribution >= 4 is 5.95 Å². The number of anilines is 1. The van der Waals surface area contributed by atoms with Crippen LogP contribution in [0.3, 0.4) is 0 Å². The van der Waals surface area contributed by atoms with Crippen molar-refractivity contribution in [2.45, 2.75) is 33.1 Å². The molecular weight excluding hydrogens is 240 g/mol. The van der Waals surface area contributed by atoms with Crippen LogP contribution in [0.4, 0.5) is 5.95 Å². The molecule has 19 heavy (non-hydrogen) atoms. The molecule has 0 atom stereocenters. The van der Waals surface area contributed by atoms with Gasteiger partial charge >= 0.3 is 5.69 Å². The molecule has 0 aliphatic heterocycles. The number of hydrogen-bond acceptors (Lipinski definition) is 4. The van der Waals surface area contributed by atoms with Crippen molar-refractivity contribution in [2.24, 2.45) is 0 Å². The van der Waals surface area contributed by atoms with Crippen LogP contribution in [0.1, 0.15) is 31.4 Å². The van der Waals surface area contributed by atoms with E-state index in [1.54, 1.807) is 0 Å². The minimum absolute atomic E-state index is 0.00673. The van der Waals surface area contributed by atoms with E-state index in [1.807, 2.05) is 18.2 Å². The second kappa shape index (κ2) is 5.65. The topological polar surface area (TPSA) is 73.8 Å². The van der Waals surface area contributed by atoms with Crippen LogP contribution in [-0.2, 0) is 12.8 Å². The lowest BCUT2D eigenvalue weighted by molar-refractivity contribution is 0.824. The molecule has 0 unspecified atom stereocenters. The van der Waals surface area contributed by atoms with E-state index in [1.165, 1.54) is 10.9 Å². The van der Waals surface area contributed by atoms with Gasteiger partial charge in [-0.2, -0.15) is 4.98 Å². The van der Waals surface area contributed by atoms with Crippen LogP contribution in [0.2, 0.25) is 0 Å². The highest BCUT2D eigenvalue weighted by Crippen LogP contribution is 2.20. The summed E-state index contributed by atoms with van der Waals surface area (Å²) in [4.78, 5) is 19.6. The van der Waals surface area contributed by atoms with E-state index in [-0.39, 0.29) is 11.6 Å². The Labute approximate surface area is 112 Å². The minimum Gasteiger partial charge on any atom is -0.368 e. The van der Waals surface area contributed by atoms with E-state index in [0.717, 1.165) is 36.1 Å². The number of nitrogens with zero attached hydrogens (tertiary/aromatic N) is 3. The van der Waals surface area contributed by atoms with Crippen molar-refractivity contribution in [3.8, 4) is 5.69 Å². The van der Waals surface area contributed by atoms with Gasteiger partial charge in [0.2, 0.25) is 5.95 Å². The summed E-state index contributed by atoms with van der Waals surface area (Å²) in [5, 5.41) is 0. The highest BCUT2D eigenvalue weighted by atomic mass is 16.1. The predicted octanol–water partition coefficient (Wildman–Crippen LogP) is 1.72. The molecule has 1 heterocycles. The predicted molar refractivity (Wildman–Crippen MR) is 75.4 cm³/mol. The lowest BCUT2D eigenvalue weighted by atomic mass is 10.0. The van der Waals surface area contributed by atoms with Gasteiger partial charge in [-0.05, 0) is 24.0 Å². The molecule has 0 saturated carbocycles. The zero-order valence-electron chi connectivity index (χ0n) is 11.3. The Morgan fingerprint density at radius 1 is 1.26 bits per heavy atom. The fourth-order valence-electron chi connectivity index (χ4n) is 2.21. The molecule has 1 aromatic heterocycles. The minimum atomic E-state index is -0.384. The molecule has 2 rings (SSSR count). The molecule has 100 valence electrons. The summed E-state index contributed by atoms with van der Waals surface area (Å²) >= 11 is 0. The van der Waals surface area contributed by atoms with Gasteiger partial charge in [0.25, 0.3) is 0 Å². The molecule has 5 nitrogen and oxygen atoms in total. The van der Waals surface area contributed by atoms with Crippen molar-refractivity contribution in [1.29, 1.82) is 0 Å². The van der Waals surface area contributed by atoms with E-state index < -0.39 is 0 Å². The summed E-state index contributed by atoms with van der Waals surface area (Å²) < 4.78 is 1.49. The van der Waals surface area contributed by atoms with Crippen LogP contribution < -0.4 is 11.4 Å². The van der Waals surface area contributed by atoms with E-state index in [9.17, 15) is 4.79 Å². The van der Waals surface area contributed by atoms with Gasteiger partial charge in [-0.25, -0.2) is 9.78 Å². The lowest BCUT2D eigenvalue weighted by Crippen LogP contribution is -2.25. The summed E-state index contributed by atoms with van der Waals surface area (Å²) in [5.74, 6) is 0.00673. The number of nitrogens with two attached hydrogens (primary N) is 1. The Morgan fingerprint density at radius 3 is 2.63 bits per heavy atom. The number of aromatic nitrogens is 3. The Morgan fingerprint density at radius 2 is 2.00 bits per heavy atom. The van der Waals surface area contributed by atoms with Crippen LogP contribution in [0.25, 0.3) is 5.69 Å². The van der Waals surface area contributed by atoms with E-state index in [2.05, 4.69) is 23.8 Å². The average molecular weight is 258 g/mol. The second-order valence-electron chi connectivity index (χ2n) is 4.40. The maximum atomic E-state index is 12.0. The molecule has 1 aromatic carbocycles. The fraction of sp³-hybridized carbons (Fsp3) is 0.357. The molecular formula is C14H18N4O. The molecule has 0 radical (unpaired) electrons.